The summed E-state index contributed by atoms with van der Waals surface area (Å²) in [6.45, 7) is 0. The van der Waals surface area contributed by atoms with Crippen molar-refractivity contribution in [3.8, 4) is 44.5 Å². The molecule has 0 amide bonds. The number of benzene rings is 5. The summed E-state index contributed by atoms with van der Waals surface area (Å²) in [6.07, 6.45) is 0. The quantitative estimate of drug-likeness (QED) is 0.255. The van der Waals surface area contributed by atoms with Crippen LogP contribution in [0.25, 0.3) is 44.5 Å². The highest BCUT2D eigenvalue weighted by Crippen LogP contribution is 2.38. The van der Waals surface area contributed by atoms with E-state index in [0.29, 0.717) is 5.02 Å². The lowest BCUT2D eigenvalue weighted by atomic mass is 9.90. The molecule has 5 aromatic rings. The first-order valence-corrected chi connectivity index (χ1v) is 11.0. The standard InChI is InChI=1S/C30H19ClF2/c31-24-18-22(29-7-3-1-5-27(29)20-9-13-25(32)14-10-20)17-23(19-24)30-8-4-2-6-28(30)21-11-15-26(33)16-12-21/h1-19H. The molecule has 0 saturated heterocycles. The molecule has 0 atom stereocenters. The second-order valence-electron chi connectivity index (χ2n) is 7.83. The summed E-state index contributed by atoms with van der Waals surface area (Å²) in [5.41, 5.74) is 7.80. The van der Waals surface area contributed by atoms with E-state index in [0.717, 1.165) is 44.5 Å². The van der Waals surface area contributed by atoms with Gasteiger partial charge in [-0.3, -0.25) is 0 Å². The van der Waals surface area contributed by atoms with Gasteiger partial charge < -0.3 is 0 Å². The van der Waals surface area contributed by atoms with E-state index in [1.165, 1.54) is 24.3 Å². The molecule has 0 radical (unpaired) electrons. The Morgan fingerprint density at radius 1 is 0.394 bits per heavy atom. The van der Waals surface area contributed by atoms with Crippen LogP contribution in [0.15, 0.2) is 115 Å². The van der Waals surface area contributed by atoms with Crippen LogP contribution in [-0.4, -0.2) is 0 Å². The minimum absolute atomic E-state index is 0.265. The number of halogens is 3. The SMILES string of the molecule is Fc1ccc(-c2ccccc2-c2cc(Cl)cc(-c3ccccc3-c3ccc(F)cc3)c2)cc1. The molecule has 3 heteroatoms. The Hall–Kier alpha value is -3.75. The van der Waals surface area contributed by atoms with Crippen molar-refractivity contribution < 1.29 is 8.78 Å². The number of hydrogen-bond donors (Lipinski definition) is 0. The van der Waals surface area contributed by atoms with E-state index < -0.39 is 0 Å². The summed E-state index contributed by atoms with van der Waals surface area (Å²) < 4.78 is 27.0. The largest absolute Gasteiger partial charge is 0.207 e. The van der Waals surface area contributed by atoms with E-state index in [2.05, 4.69) is 6.07 Å². The monoisotopic (exact) mass is 452 g/mol. The zero-order valence-corrected chi connectivity index (χ0v) is 18.4. The fourth-order valence-corrected chi connectivity index (χ4v) is 4.37. The molecule has 0 spiro atoms. The third-order valence-corrected chi connectivity index (χ3v) is 5.90. The third kappa shape index (κ3) is 4.44. The fraction of sp³-hybridized carbons (Fsp3) is 0. The number of hydrogen-bond acceptors (Lipinski definition) is 0. The van der Waals surface area contributed by atoms with E-state index in [1.54, 1.807) is 24.3 Å². The van der Waals surface area contributed by atoms with Crippen molar-refractivity contribution >= 4 is 11.6 Å². The van der Waals surface area contributed by atoms with Crippen LogP contribution in [0.2, 0.25) is 5.02 Å². The Morgan fingerprint density at radius 3 is 1.09 bits per heavy atom. The van der Waals surface area contributed by atoms with Crippen molar-refractivity contribution in [3.05, 3.63) is 132 Å². The van der Waals surface area contributed by atoms with Crippen LogP contribution in [-0.2, 0) is 0 Å². The predicted octanol–water partition coefficient (Wildman–Crippen LogP) is 9.29. The first kappa shape index (κ1) is 21.1. The Kier molecular flexibility index (Phi) is 5.77. The molecule has 0 aromatic heterocycles. The normalized spacial score (nSPS) is 10.9. The topological polar surface area (TPSA) is 0 Å². The maximum Gasteiger partial charge on any atom is 0.123 e. The molecule has 0 N–H and O–H groups in total. The maximum absolute atomic E-state index is 13.5. The van der Waals surface area contributed by atoms with E-state index in [4.69, 9.17) is 11.6 Å². The summed E-state index contributed by atoms with van der Waals surface area (Å²) in [7, 11) is 0. The molecule has 0 fully saturated rings. The Labute approximate surface area is 196 Å². The summed E-state index contributed by atoms with van der Waals surface area (Å²) >= 11 is 6.59. The van der Waals surface area contributed by atoms with Crippen LogP contribution < -0.4 is 0 Å². The highest BCUT2D eigenvalue weighted by Gasteiger charge is 2.13. The second kappa shape index (κ2) is 9.01. The summed E-state index contributed by atoms with van der Waals surface area (Å²) in [4.78, 5) is 0. The predicted molar refractivity (Wildman–Crippen MR) is 133 cm³/mol. The summed E-state index contributed by atoms with van der Waals surface area (Å²) in [6, 6.07) is 35.0. The van der Waals surface area contributed by atoms with Crippen LogP contribution >= 0.6 is 11.6 Å². The van der Waals surface area contributed by atoms with Crippen LogP contribution in [0.4, 0.5) is 8.78 Å². The summed E-state index contributed by atoms with van der Waals surface area (Å²) in [5, 5.41) is 0.616. The van der Waals surface area contributed by atoms with Crippen molar-refractivity contribution in [1.82, 2.24) is 0 Å². The molecule has 0 bridgehead atoms. The molecule has 0 saturated carbocycles. The third-order valence-electron chi connectivity index (χ3n) is 5.68. The van der Waals surface area contributed by atoms with Crippen molar-refractivity contribution in [1.29, 1.82) is 0 Å². The van der Waals surface area contributed by atoms with Gasteiger partial charge in [-0.25, -0.2) is 8.78 Å². The van der Waals surface area contributed by atoms with Gasteiger partial charge in [0, 0.05) is 5.02 Å². The molecule has 160 valence electrons. The smallest absolute Gasteiger partial charge is 0.123 e. The van der Waals surface area contributed by atoms with Gasteiger partial charge in [-0.05, 0) is 87.0 Å². The molecular formula is C30H19ClF2. The molecule has 0 aliphatic rings. The van der Waals surface area contributed by atoms with Crippen molar-refractivity contribution in [2.24, 2.45) is 0 Å². The average molecular weight is 453 g/mol. The molecule has 0 unspecified atom stereocenters. The van der Waals surface area contributed by atoms with Gasteiger partial charge in [0.05, 0.1) is 0 Å². The molecule has 33 heavy (non-hydrogen) atoms. The van der Waals surface area contributed by atoms with Crippen LogP contribution in [0.5, 0.6) is 0 Å². The minimum atomic E-state index is -0.265. The van der Waals surface area contributed by atoms with Gasteiger partial charge in [0.1, 0.15) is 11.6 Å². The first-order chi connectivity index (χ1) is 16.1. The van der Waals surface area contributed by atoms with Crippen molar-refractivity contribution in [2.45, 2.75) is 0 Å². The second-order valence-corrected chi connectivity index (χ2v) is 8.27. The Balaban J connectivity index is 1.65. The van der Waals surface area contributed by atoms with E-state index in [9.17, 15) is 8.78 Å². The Morgan fingerprint density at radius 2 is 0.727 bits per heavy atom. The lowest BCUT2D eigenvalue weighted by molar-refractivity contribution is 0.627. The molecule has 5 rings (SSSR count). The van der Waals surface area contributed by atoms with Crippen LogP contribution in [0.1, 0.15) is 0 Å². The van der Waals surface area contributed by atoms with Crippen molar-refractivity contribution in [3.63, 3.8) is 0 Å². The molecule has 0 aliphatic heterocycles. The molecule has 0 heterocycles. The maximum atomic E-state index is 13.5. The highest BCUT2D eigenvalue weighted by atomic mass is 35.5. The lowest BCUT2D eigenvalue weighted by Gasteiger charge is -2.15. The number of rotatable bonds is 4. The van der Waals surface area contributed by atoms with Crippen LogP contribution in [0, 0.1) is 11.6 Å². The minimum Gasteiger partial charge on any atom is -0.207 e. The Bertz CT molecular complexity index is 1310. The van der Waals surface area contributed by atoms with Crippen LogP contribution in [0.3, 0.4) is 0 Å². The molecule has 5 aromatic carbocycles. The van der Waals surface area contributed by atoms with Gasteiger partial charge in [0.25, 0.3) is 0 Å². The molecule has 0 nitrogen and oxygen atoms in total. The van der Waals surface area contributed by atoms with Crippen molar-refractivity contribution in [2.75, 3.05) is 0 Å². The summed E-state index contributed by atoms with van der Waals surface area (Å²) in [5.74, 6) is -0.530. The van der Waals surface area contributed by atoms with Gasteiger partial charge in [-0.2, -0.15) is 0 Å². The molecule has 0 aliphatic carbocycles. The van der Waals surface area contributed by atoms with E-state index in [-0.39, 0.29) is 11.6 Å². The zero-order valence-electron chi connectivity index (χ0n) is 17.6. The van der Waals surface area contributed by atoms with Gasteiger partial charge in [0.15, 0.2) is 0 Å². The van der Waals surface area contributed by atoms with Gasteiger partial charge in [0.2, 0.25) is 0 Å². The van der Waals surface area contributed by atoms with Gasteiger partial charge >= 0.3 is 0 Å². The zero-order chi connectivity index (χ0) is 22.8. The average Bonchev–Trinajstić information content (AvgIpc) is 2.85. The van der Waals surface area contributed by atoms with E-state index in [1.807, 2.05) is 60.7 Å². The lowest BCUT2D eigenvalue weighted by Crippen LogP contribution is -1.89. The first-order valence-electron chi connectivity index (χ1n) is 10.6. The molecular weight excluding hydrogens is 434 g/mol. The fourth-order valence-electron chi connectivity index (χ4n) is 4.13. The van der Waals surface area contributed by atoms with Gasteiger partial charge in [-0.15, -0.1) is 0 Å². The highest BCUT2D eigenvalue weighted by molar-refractivity contribution is 6.31. The van der Waals surface area contributed by atoms with E-state index >= 15 is 0 Å². The van der Waals surface area contributed by atoms with Gasteiger partial charge in [-0.1, -0.05) is 84.4 Å².